The molecular formula is C13H13ClOS4. The lowest BCUT2D eigenvalue weighted by Gasteiger charge is -1.97. The molecule has 0 spiro atoms. The van der Waals surface area contributed by atoms with Crippen LogP contribution in [-0.2, 0) is 30.4 Å². The van der Waals surface area contributed by atoms with Crippen LogP contribution in [0.5, 0.6) is 5.75 Å². The smallest absolute Gasteiger partial charge is 0.119 e. The highest BCUT2D eigenvalue weighted by atomic mass is 35.5. The molecule has 0 amide bonds. The number of methoxy groups -OCH3 is 1. The molecule has 1 nitrogen and oxygen atoms in total. The van der Waals surface area contributed by atoms with Crippen LogP contribution in [0.3, 0.4) is 0 Å². The first kappa shape index (κ1) is 16.7. The fourth-order valence-electron chi connectivity index (χ4n) is 1.20. The van der Waals surface area contributed by atoms with Gasteiger partial charge in [-0.15, -0.1) is 12.6 Å². The number of halogens is 1. The van der Waals surface area contributed by atoms with Gasteiger partial charge in [0.15, 0.2) is 0 Å². The minimum absolute atomic E-state index is 0.708. The summed E-state index contributed by atoms with van der Waals surface area (Å²) in [5, 5.41) is 0.708. The van der Waals surface area contributed by atoms with Crippen LogP contribution in [0, 0.1) is 0 Å². The molecule has 0 saturated carbocycles. The monoisotopic (exact) mass is 348 g/mol. The van der Waals surface area contributed by atoms with Crippen molar-refractivity contribution < 1.29 is 4.74 Å². The van der Waals surface area contributed by atoms with Gasteiger partial charge in [0.25, 0.3) is 0 Å². The van der Waals surface area contributed by atoms with E-state index in [9.17, 15) is 0 Å². The number of thiol groups is 2. The summed E-state index contributed by atoms with van der Waals surface area (Å²) in [6.45, 7) is 0. The van der Waals surface area contributed by atoms with Crippen molar-refractivity contribution in [2.75, 3.05) is 7.11 Å². The Kier molecular flexibility index (Phi) is 7.71. The van der Waals surface area contributed by atoms with Gasteiger partial charge in [-0.1, -0.05) is 31.7 Å². The molecule has 102 valence electrons. The molecule has 0 aliphatic rings. The van der Waals surface area contributed by atoms with Gasteiger partial charge < -0.3 is 4.74 Å². The third-order valence-electron chi connectivity index (χ3n) is 2.07. The van der Waals surface area contributed by atoms with Gasteiger partial charge in [0.05, 0.1) is 7.11 Å². The molecule has 0 aliphatic carbocycles. The first-order valence-corrected chi connectivity index (χ1v) is 9.45. The average Bonchev–Trinajstić information content (AvgIpc) is 2.39. The molecule has 0 saturated heterocycles. The molecule has 0 unspecified atom stereocenters. The molecule has 0 heterocycles. The van der Waals surface area contributed by atoms with Gasteiger partial charge in [-0.25, -0.2) is 0 Å². The summed E-state index contributed by atoms with van der Waals surface area (Å²) in [7, 11) is 0.812. The summed E-state index contributed by atoms with van der Waals surface area (Å²) >= 11 is 19.7. The molecule has 2 rings (SSSR count). The first-order chi connectivity index (χ1) is 9.02. The topological polar surface area (TPSA) is 9.23 Å². The largest absolute Gasteiger partial charge is 0.497 e. The molecule has 19 heavy (non-hydrogen) atoms. The van der Waals surface area contributed by atoms with Gasteiger partial charge in [-0.2, -0.15) is 0 Å². The summed E-state index contributed by atoms with van der Waals surface area (Å²) in [5.74, 6) is 0.850. The number of hydrogen-bond donors (Lipinski definition) is 2. The fourth-order valence-corrected chi connectivity index (χ4v) is 2.81. The minimum Gasteiger partial charge on any atom is -0.497 e. The van der Waals surface area contributed by atoms with Crippen LogP contribution >= 0.6 is 24.2 Å². The quantitative estimate of drug-likeness (QED) is 0.796. The van der Waals surface area contributed by atoms with Crippen molar-refractivity contribution in [2.24, 2.45) is 0 Å². The third-order valence-corrected chi connectivity index (χ3v) is 4.55. The van der Waals surface area contributed by atoms with Crippen molar-refractivity contribution in [3.63, 3.8) is 0 Å². The molecule has 6 heteroatoms. The highest BCUT2D eigenvalue weighted by molar-refractivity contribution is 8.46. The zero-order valence-electron chi connectivity index (χ0n) is 10.1. The van der Waals surface area contributed by atoms with Crippen LogP contribution < -0.4 is 4.74 Å². The van der Waals surface area contributed by atoms with Gasteiger partial charge in [0.2, 0.25) is 0 Å². The minimum atomic E-state index is -0.830. The summed E-state index contributed by atoms with van der Waals surface area (Å²) in [4.78, 5) is 1.92. The Labute approximate surface area is 135 Å². The summed E-state index contributed by atoms with van der Waals surface area (Å²) in [5.41, 5.74) is 0. The third kappa shape index (κ3) is 6.58. The van der Waals surface area contributed by atoms with E-state index in [1.807, 2.05) is 48.5 Å². The summed E-state index contributed by atoms with van der Waals surface area (Å²) in [6, 6.07) is 15.0. The Balaban J connectivity index is 0.000000191. The Bertz CT molecular complexity index is 603. The SMILES string of the molecule is COc1cccc(S)c1.S=[SH](=S)c1cccc(Cl)c1. The Morgan fingerprint density at radius 3 is 2.21 bits per heavy atom. The number of rotatable bonds is 2. The number of hydrogen-bond acceptors (Lipinski definition) is 4. The van der Waals surface area contributed by atoms with E-state index in [2.05, 4.69) is 12.6 Å². The molecule has 0 fully saturated rings. The maximum absolute atomic E-state index is 5.71. The normalized spacial score (nSPS) is 9.68. The standard InChI is InChI=1S/C7H8OS.C6H5ClS3/c1-8-6-3-2-4-7(9)5-6;7-5-2-1-3-6(4-5)10(8)9/h2-5,9H,1H3;1-4,10H. The van der Waals surface area contributed by atoms with E-state index in [0.717, 1.165) is 15.5 Å². The predicted octanol–water partition coefficient (Wildman–Crippen LogP) is 3.96. The van der Waals surface area contributed by atoms with Crippen LogP contribution in [0.15, 0.2) is 58.3 Å². The van der Waals surface area contributed by atoms with Crippen LogP contribution in [-0.4, -0.2) is 7.11 Å². The molecular weight excluding hydrogens is 336 g/mol. The number of ether oxygens (including phenoxy) is 1. The van der Waals surface area contributed by atoms with Crippen LogP contribution in [0.2, 0.25) is 5.02 Å². The zero-order valence-corrected chi connectivity index (χ0v) is 14.3. The second-order valence-corrected chi connectivity index (χ2v) is 8.31. The molecule has 0 aromatic heterocycles. The second kappa shape index (κ2) is 8.76. The maximum atomic E-state index is 5.71. The first-order valence-electron chi connectivity index (χ1n) is 5.26. The van der Waals surface area contributed by atoms with Gasteiger partial charge in [-0.3, -0.25) is 0 Å². The average molecular weight is 349 g/mol. The van der Waals surface area contributed by atoms with Crippen molar-refractivity contribution in [1.29, 1.82) is 0 Å². The van der Waals surface area contributed by atoms with Gasteiger partial charge in [0.1, 0.15) is 5.75 Å². The molecule has 0 bridgehead atoms. The fraction of sp³-hybridized carbons (Fsp3) is 0.0769. The highest BCUT2D eigenvalue weighted by Crippen LogP contribution is 2.14. The molecule has 2 aromatic carbocycles. The van der Waals surface area contributed by atoms with E-state index in [-0.39, 0.29) is 0 Å². The van der Waals surface area contributed by atoms with Crippen molar-refractivity contribution in [3.8, 4) is 5.75 Å². The predicted molar refractivity (Wildman–Crippen MR) is 93.5 cm³/mol. The van der Waals surface area contributed by atoms with Gasteiger partial charge >= 0.3 is 0 Å². The van der Waals surface area contributed by atoms with Crippen molar-refractivity contribution in [2.45, 2.75) is 9.79 Å². The van der Waals surface area contributed by atoms with Gasteiger partial charge in [-0.05, 0) is 58.8 Å². The summed E-state index contributed by atoms with van der Waals surface area (Å²) in [6.07, 6.45) is 0. The zero-order chi connectivity index (χ0) is 14.3. The Hall–Kier alpha value is -0.330. The summed E-state index contributed by atoms with van der Waals surface area (Å²) < 4.78 is 4.95. The second-order valence-electron chi connectivity index (χ2n) is 3.44. The molecule has 2 aromatic rings. The lowest BCUT2D eigenvalue weighted by atomic mass is 10.3. The van der Waals surface area contributed by atoms with E-state index < -0.39 is 8.01 Å². The van der Waals surface area contributed by atoms with Crippen molar-refractivity contribution >= 4 is 54.6 Å². The van der Waals surface area contributed by atoms with Crippen LogP contribution in [0.4, 0.5) is 0 Å². The molecule has 0 atom stereocenters. The Morgan fingerprint density at radius 1 is 1.11 bits per heavy atom. The van der Waals surface area contributed by atoms with E-state index >= 15 is 0 Å². The lowest BCUT2D eigenvalue weighted by molar-refractivity contribution is 0.413. The Morgan fingerprint density at radius 2 is 1.79 bits per heavy atom. The lowest BCUT2D eigenvalue weighted by Crippen LogP contribution is -1.80. The molecule has 0 N–H and O–H groups in total. The van der Waals surface area contributed by atoms with Gasteiger partial charge in [0, 0.05) is 14.8 Å². The number of benzene rings is 2. The molecule has 0 aliphatic heterocycles. The van der Waals surface area contributed by atoms with E-state index in [1.165, 1.54) is 0 Å². The van der Waals surface area contributed by atoms with Crippen LogP contribution in [0.25, 0.3) is 0 Å². The molecule has 0 radical (unpaired) electrons. The van der Waals surface area contributed by atoms with E-state index in [4.69, 9.17) is 38.7 Å². The van der Waals surface area contributed by atoms with Crippen molar-refractivity contribution in [1.82, 2.24) is 0 Å². The van der Waals surface area contributed by atoms with Crippen molar-refractivity contribution in [3.05, 3.63) is 53.6 Å². The highest BCUT2D eigenvalue weighted by Gasteiger charge is 1.89. The van der Waals surface area contributed by atoms with Crippen LogP contribution in [0.1, 0.15) is 0 Å². The van der Waals surface area contributed by atoms with E-state index in [0.29, 0.717) is 5.02 Å². The maximum Gasteiger partial charge on any atom is 0.119 e. The van der Waals surface area contributed by atoms with E-state index in [1.54, 1.807) is 7.11 Å².